The zero-order valence-corrected chi connectivity index (χ0v) is 11.8. The van der Waals surface area contributed by atoms with Crippen LogP contribution in [0.2, 0.25) is 0 Å². The zero-order chi connectivity index (χ0) is 12.7. The average Bonchev–Trinajstić information content (AvgIpc) is 2.49. The quantitative estimate of drug-likeness (QED) is 0.272. The maximum Gasteiger partial charge on any atom is 0.262 e. The normalized spacial score (nSPS) is 16.2. The highest BCUT2D eigenvalue weighted by Gasteiger charge is 2.17. The molecule has 0 saturated carbocycles. The molecule has 1 aliphatic rings. The van der Waals surface area contributed by atoms with Gasteiger partial charge in [0, 0.05) is 35.9 Å². The van der Waals surface area contributed by atoms with E-state index in [-0.39, 0.29) is 0 Å². The largest absolute Gasteiger partial charge is 0.346 e. The van der Waals surface area contributed by atoms with Crippen LogP contribution >= 0.6 is 22.6 Å². The van der Waals surface area contributed by atoms with Gasteiger partial charge in [-0.3, -0.25) is 4.99 Å². The molecule has 0 saturated heterocycles. The lowest BCUT2D eigenvalue weighted by Gasteiger charge is -2.04. The van der Waals surface area contributed by atoms with Gasteiger partial charge in [-0.05, 0) is 6.20 Å². The lowest BCUT2D eigenvalue weighted by molar-refractivity contribution is -0.418. The fourth-order valence-electron chi connectivity index (χ4n) is 1.08. The van der Waals surface area contributed by atoms with Gasteiger partial charge in [-0.2, -0.15) is 0 Å². The molecule has 17 heavy (non-hydrogen) atoms. The number of nitrogens with one attached hydrogen (secondary N) is 1. The molecule has 0 aliphatic carbocycles. The second-order valence-electron chi connectivity index (χ2n) is 3.00. The molecule has 0 aromatic rings. The van der Waals surface area contributed by atoms with Crippen molar-refractivity contribution in [1.29, 1.82) is 0 Å². The number of hydrogen-bond acceptors (Lipinski definition) is 2. The van der Waals surface area contributed by atoms with E-state index in [1.165, 1.54) is 6.34 Å². The summed E-state index contributed by atoms with van der Waals surface area (Å²) in [6.07, 6.45) is 6.36. The minimum absolute atomic E-state index is 0.641. The predicted octanol–water partition coefficient (Wildman–Crippen LogP) is 1.33. The Bertz CT molecular complexity index is 490. The van der Waals surface area contributed by atoms with Crippen molar-refractivity contribution in [3.8, 4) is 0 Å². The van der Waals surface area contributed by atoms with Gasteiger partial charge in [0.25, 0.3) is 3.70 Å². The summed E-state index contributed by atoms with van der Waals surface area (Å²) in [4.78, 5) is 12.1. The second-order valence-corrected chi connectivity index (χ2v) is 4.02. The molecule has 1 rings (SSSR count). The number of amidine groups is 1. The average molecular weight is 342 g/mol. The van der Waals surface area contributed by atoms with E-state index in [0.29, 0.717) is 5.84 Å². The molecule has 0 amide bonds. The van der Waals surface area contributed by atoms with Crippen molar-refractivity contribution >= 4 is 46.8 Å². The molecule has 0 atom stereocenters. The van der Waals surface area contributed by atoms with Crippen molar-refractivity contribution in [3.63, 3.8) is 0 Å². The lowest BCUT2D eigenvalue weighted by Crippen LogP contribution is -2.22. The monoisotopic (exact) mass is 342 g/mol. The first kappa shape index (κ1) is 13.5. The highest BCUT2D eigenvalue weighted by molar-refractivity contribution is 14.1. The highest BCUT2D eigenvalue weighted by atomic mass is 127. The third-order valence-electron chi connectivity index (χ3n) is 1.84. The summed E-state index contributed by atoms with van der Waals surface area (Å²) < 4.78 is 2.80. The Morgan fingerprint density at radius 1 is 1.71 bits per heavy atom. The SMILES string of the molecule is C=CNC(=NC=NC)C1=C(I)[N+](C)=C=CN=C1. The zero-order valence-electron chi connectivity index (χ0n) is 9.68. The molecule has 1 aliphatic heterocycles. The molecule has 6 heteroatoms. The van der Waals surface area contributed by atoms with Gasteiger partial charge in [-0.15, -0.1) is 4.58 Å². The molecule has 1 N–H and O–H groups in total. The lowest BCUT2D eigenvalue weighted by atomic mass is 10.3. The van der Waals surface area contributed by atoms with E-state index in [1.54, 1.807) is 25.7 Å². The Morgan fingerprint density at radius 2 is 2.47 bits per heavy atom. The third-order valence-corrected chi connectivity index (χ3v) is 3.15. The molecular weight excluding hydrogens is 329 g/mol. The van der Waals surface area contributed by atoms with Crippen molar-refractivity contribution in [1.82, 2.24) is 5.32 Å². The van der Waals surface area contributed by atoms with Crippen molar-refractivity contribution in [2.45, 2.75) is 0 Å². The van der Waals surface area contributed by atoms with E-state index in [0.717, 1.165) is 9.28 Å². The first-order valence-corrected chi connectivity index (χ1v) is 5.89. The van der Waals surface area contributed by atoms with Gasteiger partial charge >= 0.3 is 0 Å². The van der Waals surface area contributed by atoms with Crippen LogP contribution in [0.15, 0.2) is 43.2 Å². The van der Waals surface area contributed by atoms with Crippen molar-refractivity contribution in [2.75, 3.05) is 14.1 Å². The van der Waals surface area contributed by atoms with E-state index in [1.807, 2.05) is 11.6 Å². The van der Waals surface area contributed by atoms with E-state index >= 15 is 0 Å². The van der Waals surface area contributed by atoms with Crippen LogP contribution < -0.4 is 5.32 Å². The van der Waals surface area contributed by atoms with E-state index in [4.69, 9.17) is 0 Å². The Morgan fingerprint density at radius 3 is 3.12 bits per heavy atom. The molecule has 0 bridgehead atoms. The van der Waals surface area contributed by atoms with Crippen LogP contribution in [0, 0.1) is 0 Å². The Labute approximate surface area is 114 Å². The van der Waals surface area contributed by atoms with Crippen LogP contribution in [0.5, 0.6) is 0 Å². The van der Waals surface area contributed by atoms with Crippen molar-refractivity contribution in [2.24, 2.45) is 15.0 Å². The fraction of sp³-hybridized carbons (Fsp3) is 0.182. The summed E-state index contributed by atoms with van der Waals surface area (Å²) in [6.45, 7) is 3.63. The van der Waals surface area contributed by atoms with Gasteiger partial charge in [0.2, 0.25) is 0 Å². The first-order valence-electron chi connectivity index (χ1n) is 4.81. The van der Waals surface area contributed by atoms with Crippen molar-refractivity contribution in [3.05, 3.63) is 28.3 Å². The van der Waals surface area contributed by atoms with Gasteiger partial charge in [-0.25, -0.2) is 9.98 Å². The van der Waals surface area contributed by atoms with Gasteiger partial charge in [-0.1, -0.05) is 6.58 Å². The van der Waals surface area contributed by atoms with E-state index in [9.17, 15) is 0 Å². The van der Waals surface area contributed by atoms with E-state index < -0.39 is 0 Å². The number of halogens is 1. The molecule has 0 radical (unpaired) electrons. The highest BCUT2D eigenvalue weighted by Crippen LogP contribution is 2.13. The predicted molar refractivity (Wildman–Crippen MR) is 80.5 cm³/mol. The van der Waals surface area contributed by atoms with Crippen LogP contribution in [0.1, 0.15) is 0 Å². The Balaban J connectivity index is 3.24. The van der Waals surface area contributed by atoms with Gasteiger partial charge in [0.1, 0.15) is 31.0 Å². The maximum atomic E-state index is 4.20. The molecule has 88 valence electrons. The van der Waals surface area contributed by atoms with Crippen molar-refractivity contribution < 1.29 is 4.58 Å². The summed E-state index contributed by atoms with van der Waals surface area (Å²) >= 11 is 2.21. The van der Waals surface area contributed by atoms with Crippen LogP contribution in [0.3, 0.4) is 0 Å². The number of hydrogen-bond donors (Lipinski definition) is 1. The molecule has 0 spiro atoms. The summed E-state index contributed by atoms with van der Waals surface area (Å²) in [5, 5.41) is 2.97. The van der Waals surface area contributed by atoms with Crippen LogP contribution in [-0.2, 0) is 0 Å². The Hall–Kier alpha value is -1.53. The fourth-order valence-corrected chi connectivity index (χ4v) is 1.61. The number of rotatable bonds is 3. The minimum Gasteiger partial charge on any atom is -0.346 e. The molecular formula is C11H13IN5+. The van der Waals surface area contributed by atoms with Gasteiger partial charge in [0.05, 0.1) is 0 Å². The summed E-state index contributed by atoms with van der Waals surface area (Å²) in [5.74, 6) is 3.62. The summed E-state index contributed by atoms with van der Waals surface area (Å²) in [7, 11) is 3.56. The topological polar surface area (TPSA) is 52.1 Å². The molecule has 0 aromatic heterocycles. The number of aliphatic imine (C=N–C) groups is 3. The summed E-state index contributed by atoms with van der Waals surface area (Å²) in [6, 6.07) is 0. The van der Waals surface area contributed by atoms with Crippen LogP contribution in [-0.4, -0.2) is 42.9 Å². The standard InChI is InChI=1S/C11H13IN5/c1-4-15-11(16-8-13-2)9-7-14-5-6-17(3)10(9)12/h4-5,7-8H,1H2,2-3H3,(H,13,15,16)/q+1. The molecule has 0 aromatic carbocycles. The molecule has 5 nitrogen and oxygen atoms in total. The van der Waals surface area contributed by atoms with Gasteiger partial charge < -0.3 is 5.32 Å². The van der Waals surface area contributed by atoms with Gasteiger partial charge in [0.15, 0.2) is 5.87 Å². The Kier molecular flexibility index (Phi) is 5.51. The third kappa shape index (κ3) is 3.76. The molecule has 1 heterocycles. The van der Waals surface area contributed by atoms with Crippen LogP contribution in [0.25, 0.3) is 0 Å². The smallest absolute Gasteiger partial charge is 0.262 e. The summed E-state index contributed by atoms with van der Waals surface area (Å²) in [5.41, 5.74) is 0.856. The maximum absolute atomic E-state index is 4.20. The first-order chi connectivity index (χ1) is 8.20. The second kappa shape index (κ2) is 6.93. The van der Waals surface area contributed by atoms with Crippen LogP contribution in [0.4, 0.5) is 0 Å². The molecule has 0 unspecified atom stereocenters. The van der Waals surface area contributed by atoms with E-state index in [2.05, 4.69) is 55.3 Å². The minimum atomic E-state index is 0.641. The number of nitrogens with zero attached hydrogens (tertiary/aromatic N) is 4. The molecule has 0 fully saturated rings.